The first-order chi connectivity index (χ1) is 13.9. The van der Waals surface area contributed by atoms with Gasteiger partial charge in [0.25, 0.3) is 0 Å². The Labute approximate surface area is 167 Å². The Kier molecular flexibility index (Phi) is 5.12. The summed E-state index contributed by atoms with van der Waals surface area (Å²) < 4.78 is 21.0. The molecule has 0 radical (unpaired) electrons. The van der Waals surface area contributed by atoms with Gasteiger partial charge in [-0.25, -0.2) is 19.2 Å². The summed E-state index contributed by atoms with van der Waals surface area (Å²) in [6.07, 6.45) is 4.06. The molecule has 2 aromatic heterocycles. The second-order valence-corrected chi connectivity index (χ2v) is 7.10. The van der Waals surface area contributed by atoms with E-state index in [0.29, 0.717) is 17.7 Å². The highest BCUT2D eigenvalue weighted by atomic mass is 19.1. The molecule has 0 saturated heterocycles. The number of rotatable bonds is 6. The van der Waals surface area contributed by atoms with Gasteiger partial charge >= 0.3 is 5.97 Å². The SMILES string of the molecule is Cc1cn(-c2ncc(CNC[C@H](O)c3ccc4c(c3C)COC4=O)cc2F)cn1. The van der Waals surface area contributed by atoms with Crippen LogP contribution in [0.15, 0.2) is 36.9 Å². The molecule has 8 heteroatoms. The van der Waals surface area contributed by atoms with E-state index in [2.05, 4.69) is 15.3 Å². The van der Waals surface area contributed by atoms with Crippen LogP contribution >= 0.6 is 0 Å². The summed E-state index contributed by atoms with van der Waals surface area (Å²) in [5.74, 6) is -0.576. The number of pyridine rings is 1. The fourth-order valence-electron chi connectivity index (χ4n) is 3.49. The lowest BCUT2D eigenvalue weighted by Crippen LogP contribution is -2.22. The molecule has 0 fully saturated rings. The van der Waals surface area contributed by atoms with Gasteiger partial charge in [0.05, 0.1) is 17.4 Å². The number of cyclic esters (lactones) is 1. The maximum absolute atomic E-state index is 14.4. The number of hydrogen-bond acceptors (Lipinski definition) is 6. The number of aliphatic hydroxyl groups is 1. The Balaban J connectivity index is 1.39. The molecule has 2 N–H and O–H groups in total. The van der Waals surface area contributed by atoms with Crippen molar-refractivity contribution >= 4 is 5.97 Å². The molecule has 0 spiro atoms. The molecule has 0 amide bonds. The van der Waals surface area contributed by atoms with Crippen LogP contribution in [0.1, 0.15) is 44.4 Å². The number of ether oxygens (including phenoxy) is 1. The van der Waals surface area contributed by atoms with Crippen molar-refractivity contribution in [3.63, 3.8) is 0 Å². The van der Waals surface area contributed by atoms with Crippen LogP contribution in [0.2, 0.25) is 0 Å². The number of fused-ring (bicyclic) bond motifs is 1. The lowest BCUT2D eigenvalue weighted by molar-refractivity contribution is 0.0535. The summed E-state index contributed by atoms with van der Waals surface area (Å²) in [4.78, 5) is 19.9. The third-order valence-electron chi connectivity index (χ3n) is 5.07. The number of aliphatic hydroxyl groups excluding tert-OH is 1. The summed E-state index contributed by atoms with van der Waals surface area (Å²) in [5, 5.41) is 13.7. The summed E-state index contributed by atoms with van der Waals surface area (Å²) >= 11 is 0. The Hall–Kier alpha value is -3.10. The van der Waals surface area contributed by atoms with Gasteiger partial charge in [-0.1, -0.05) is 6.07 Å². The van der Waals surface area contributed by atoms with Crippen molar-refractivity contribution in [2.24, 2.45) is 0 Å². The van der Waals surface area contributed by atoms with Crippen molar-refractivity contribution in [2.45, 2.75) is 33.1 Å². The van der Waals surface area contributed by atoms with Crippen molar-refractivity contribution < 1.29 is 19.0 Å². The van der Waals surface area contributed by atoms with Crippen molar-refractivity contribution in [1.29, 1.82) is 0 Å². The third kappa shape index (κ3) is 3.76. The highest BCUT2D eigenvalue weighted by molar-refractivity contribution is 5.93. The Bertz CT molecular complexity index is 1080. The molecule has 3 heterocycles. The largest absolute Gasteiger partial charge is 0.457 e. The van der Waals surface area contributed by atoms with E-state index < -0.39 is 11.9 Å². The smallest absolute Gasteiger partial charge is 0.338 e. The van der Waals surface area contributed by atoms with E-state index in [1.54, 1.807) is 24.5 Å². The number of halogens is 1. The van der Waals surface area contributed by atoms with Gasteiger partial charge in [0, 0.05) is 31.0 Å². The van der Waals surface area contributed by atoms with Crippen molar-refractivity contribution in [1.82, 2.24) is 19.9 Å². The maximum Gasteiger partial charge on any atom is 0.338 e. The lowest BCUT2D eigenvalue weighted by atomic mass is 9.95. The fourth-order valence-corrected chi connectivity index (χ4v) is 3.49. The van der Waals surface area contributed by atoms with E-state index in [1.165, 1.54) is 17.0 Å². The predicted molar refractivity (Wildman–Crippen MR) is 103 cm³/mol. The van der Waals surface area contributed by atoms with E-state index >= 15 is 0 Å². The van der Waals surface area contributed by atoms with Gasteiger partial charge in [-0.05, 0) is 42.7 Å². The number of aryl methyl sites for hydroxylation is 1. The summed E-state index contributed by atoms with van der Waals surface area (Å²) in [6.45, 7) is 4.57. The van der Waals surface area contributed by atoms with Crippen LogP contribution < -0.4 is 5.32 Å². The van der Waals surface area contributed by atoms with E-state index in [4.69, 9.17) is 4.74 Å². The average molecular weight is 396 g/mol. The third-order valence-corrected chi connectivity index (χ3v) is 5.07. The van der Waals surface area contributed by atoms with Gasteiger partial charge in [0.15, 0.2) is 11.6 Å². The molecule has 1 aliphatic rings. The molecule has 150 valence electrons. The van der Waals surface area contributed by atoms with Crippen LogP contribution in [0.25, 0.3) is 5.82 Å². The molecule has 3 aromatic rings. The molecular weight excluding hydrogens is 375 g/mol. The zero-order valence-electron chi connectivity index (χ0n) is 16.1. The molecule has 4 rings (SSSR count). The monoisotopic (exact) mass is 396 g/mol. The number of imidazole rings is 1. The van der Waals surface area contributed by atoms with Crippen LogP contribution in [-0.2, 0) is 17.9 Å². The first kappa shape index (κ1) is 19.2. The van der Waals surface area contributed by atoms with Gasteiger partial charge in [-0.2, -0.15) is 0 Å². The van der Waals surface area contributed by atoms with Gasteiger partial charge in [0.2, 0.25) is 0 Å². The Morgan fingerprint density at radius 1 is 1.34 bits per heavy atom. The molecule has 0 saturated carbocycles. The quantitative estimate of drug-likeness (QED) is 0.623. The maximum atomic E-state index is 14.4. The number of aromatic nitrogens is 3. The van der Waals surface area contributed by atoms with Gasteiger partial charge in [0.1, 0.15) is 12.9 Å². The topological polar surface area (TPSA) is 89.3 Å². The normalized spacial score (nSPS) is 14.0. The van der Waals surface area contributed by atoms with Gasteiger partial charge in [-0.15, -0.1) is 0 Å². The second kappa shape index (κ2) is 7.73. The minimum absolute atomic E-state index is 0.194. The molecule has 1 aromatic carbocycles. The molecule has 0 aliphatic carbocycles. The van der Waals surface area contributed by atoms with Crippen molar-refractivity contribution in [2.75, 3.05) is 6.54 Å². The van der Waals surface area contributed by atoms with Crippen molar-refractivity contribution in [3.8, 4) is 5.82 Å². The number of carbonyl (C=O) groups is 1. The zero-order valence-corrected chi connectivity index (χ0v) is 16.1. The summed E-state index contributed by atoms with van der Waals surface area (Å²) in [5.41, 5.74) is 4.42. The zero-order chi connectivity index (χ0) is 20.5. The average Bonchev–Trinajstić information content (AvgIpc) is 3.28. The lowest BCUT2D eigenvalue weighted by Gasteiger charge is -2.16. The van der Waals surface area contributed by atoms with Crippen LogP contribution in [0.4, 0.5) is 4.39 Å². The van der Waals surface area contributed by atoms with Crippen LogP contribution in [0.5, 0.6) is 0 Å². The van der Waals surface area contributed by atoms with Gasteiger partial charge < -0.3 is 15.2 Å². The Morgan fingerprint density at radius 2 is 2.17 bits per heavy atom. The predicted octanol–water partition coefficient (Wildman–Crippen LogP) is 2.52. The number of benzene rings is 1. The number of nitrogens with zero attached hydrogens (tertiary/aromatic N) is 3. The van der Waals surface area contributed by atoms with E-state index in [0.717, 1.165) is 22.4 Å². The minimum atomic E-state index is -0.762. The molecule has 1 aliphatic heterocycles. The molecule has 7 nitrogen and oxygen atoms in total. The second-order valence-electron chi connectivity index (χ2n) is 7.10. The van der Waals surface area contributed by atoms with E-state index in [-0.39, 0.29) is 24.9 Å². The highest BCUT2D eigenvalue weighted by Crippen LogP contribution is 2.28. The highest BCUT2D eigenvalue weighted by Gasteiger charge is 2.25. The molecular formula is C21H21FN4O3. The number of carbonyl (C=O) groups excluding carboxylic acids is 1. The van der Waals surface area contributed by atoms with E-state index in [9.17, 15) is 14.3 Å². The molecule has 0 bridgehead atoms. The number of nitrogens with one attached hydrogen (secondary N) is 1. The first-order valence-electron chi connectivity index (χ1n) is 9.27. The Morgan fingerprint density at radius 3 is 2.90 bits per heavy atom. The summed E-state index contributed by atoms with van der Waals surface area (Å²) in [7, 11) is 0. The van der Waals surface area contributed by atoms with Crippen LogP contribution in [0, 0.1) is 19.7 Å². The fraction of sp³-hybridized carbons (Fsp3) is 0.286. The van der Waals surface area contributed by atoms with Crippen LogP contribution in [-0.4, -0.2) is 32.2 Å². The standard InChI is InChI=1S/C21H21FN4O3/c1-12-9-26(11-25-12)20-18(22)5-14(7-24-20)6-23-8-19(27)15-3-4-16-17(13(15)2)10-29-21(16)28/h3-5,7,9,11,19,23,27H,6,8,10H2,1-2H3/t19-/m0/s1. The summed E-state index contributed by atoms with van der Waals surface area (Å²) in [6, 6.07) is 4.85. The number of esters is 1. The van der Waals surface area contributed by atoms with Crippen LogP contribution in [0.3, 0.4) is 0 Å². The molecule has 29 heavy (non-hydrogen) atoms. The first-order valence-corrected chi connectivity index (χ1v) is 9.27. The van der Waals surface area contributed by atoms with Gasteiger partial charge in [-0.3, -0.25) is 4.57 Å². The molecule has 0 unspecified atom stereocenters. The minimum Gasteiger partial charge on any atom is -0.457 e. The van der Waals surface area contributed by atoms with Crippen molar-refractivity contribution in [3.05, 3.63) is 76.2 Å². The van der Waals surface area contributed by atoms with E-state index in [1.807, 2.05) is 13.8 Å². The number of hydrogen-bond donors (Lipinski definition) is 2. The molecule has 1 atom stereocenters.